The van der Waals surface area contributed by atoms with Crippen LogP contribution in [0.25, 0.3) is 0 Å². The largest absolute Gasteiger partial charge is 0.393 e. The van der Waals surface area contributed by atoms with E-state index in [0.29, 0.717) is 17.4 Å². The van der Waals surface area contributed by atoms with Crippen molar-refractivity contribution in [2.45, 2.75) is 58.7 Å². The minimum atomic E-state index is -0.0995. The van der Waals surface area contributed by atoms with E-state index >= 15 is 0 Å². The van der Waals surface area contributed by atoms with Crippen LogP contribution in [0, 0.1) is 11.3 Å². The fourth-order valence-corrected chi connectivity index (χ4v) is 3.49. The number of aliphatic hydroxyl groups is 1. The van der Waals surface area contributed by atoms with Crippen LogP contribution in [0.1, 0.15) is 46.5 Å². The standard InChI is InChI=1S/C15H29NO2/c1-12-10-16(7-4-8-18-12)11-13-9-15(2,3)6-5-14(13)17/h12-14,17H,4-11H2,1-3H3. The lowest BCUT2D eigenvalue weighted by atomic mass is 9.70. The molecule has 0 bridgehead atoms. The molecule has 1 saturated carbocycles. The van der Waals surface area contributed by atoms with Crippen molar-refractivity contribution in [3.63, 3.8) is 0 Å². The van der Waals surface area contributed by atoms with E-state index in [9.17, 15) is 5.11 Å². The molecule has 106 valence electrons. The van der Waals surface area contributed by atoms with Gasteiger partial charge in [-0.3, -0.25) is 0 Å². The summed E-state index contributed by atoms with van der Waals surface area (Å²) in [6.45, 7) is 10.9. The lowest BCUT2D eigenvalue weighted by Crippen LogP contribution is -2.42. The molecule has 3 unspecified atom stereocenters. The van der Waals surface area contributed by atoms with Crippen LogP contribution >= 0.6 is 0 Å². The molecule has 2 fully saturated rings. The van der Waals surface area contributed by atoms with Gasteiger partial charge in [-0.15, -0.1) is 0 Å². The highest BCUT2D eigenvalue weighted by atomic mass is 16.5. The Morgan fingerprint density at radius 1 is 1.39 bits per heavy atom. The first kappa shape index (κ1) is 14.3. The zero-order chi connectivity index (χ0) is 13.2. The van der Waals surface area contributed by atoms with Gasteiger partial charge in [-0.25, -0.2) is 0 Å². The maximum absolute atomic E-state index is 10.2. The molecule has 1 N–H and O–H groups in total. The third-order valence-electron chi connectivity index (χ3n) is 4.50. The van der Waals surface area contributed by atoms with Crippen molar-refractivity contribution in [1.29, 1.82) is 0 Å². The summed E-state index contributed by atoms with van der Waals surface area (Å²) in [5.41, 5.74) is 0.401. The van der Waals surface area contributed by atoms with Crippen molar-refractivity contribution in [1.82, 2.24) is 4.90 Å². The number of hydrogen-bond donors (Lipinski definition) is 1. The average Bonchev–Trinajstić information content (AvgIpc) is 2.48. The second kappa shape index (κ2) is 5.89. The molecule has 3 nitrogen and oxygen atoms in total. The Balaban J connectivity index is 1.90. The first-order valence-corrected chi connectivity index (χ1v) is 7.48. The molecule has 0 amide bonds. The summed E-state index contributed by atoms with van der Waals surface area (Å²) in [5.74, 6) is 0.444. The highest BCUT2D eigenvalue weighted by Gasteiger charge is 2.35. The van der Waals surface area contributed by atoms with Gasteiger partial charge in [0.05, 0.1) is 12.2 Å². The Hall–Kier alpha value is -0.120. The van der Waals surface area contributed by atoms with E-state index in [1.165, 1.54) is 0 Å². The molecule has 1 aliphatic carbocycles. The lowest BCUT2D eigenvalue weighted by molar-refractivity contribution is -0.000269. The Morgan fingerprint density at radius 3 is 2.94 bits per heavy atom. The van der Waals surface area contributed by atoms with Crippen LogP contribution in [0.2, 0.25) is 0 Å². The fraction of sp³-hybridized carbons (Fsp3) is 1.00. The van der Waals surface area contributed by atoms with Crippen LogP contribution in [0.3, 0.4) is 0 Å². The molecule has 2 rings (SSSR count). The average molecular weight is 255 g/mol. The zero-order valence-corrected chi connectivity index (χ0v) is 12.2. The van der Waals surface area contributed by atoms with Gasteiger partial charge in [0.15, 0.2) is 0 Å². The Labute approximate surface area is 112 Å². The van der Waals surface area contributed by atoms with Gasteiger partial charge < -0.3 is 14.7 Å². The van der Waals surface area contributed by atoms with Gasteiger partial charge in [0.2, 0.25) is 0 Å². The molecular formula is C15H29NO2. The molecule has 3 heteroatoms. The van der Waals surface area contributed by atoms with Crippen molar-refractivity contribution in [2.75, 3.05) is 26.2 Å². The van der Waals surface area contributed by atoms with Crippen LogP contribution in [-0.2, 0) is 4.74 Å². The summed E-state index contributed by atoms with van der Waals surface area (Å²) in [4.78, 5) is 2.49. The van der Waals surface area contributed by atoms with Crippen LogP contribution in [-0.4, -0.2) is 48.5 Å². The van der Waals surface area contributed by atoms with Crippen molar-refractivity contribution in [3.05, 3.63) is 0 Å². The molecule has 18 heavy (non-hydrogen) atoms. The second-order valence-electron chi connectivity index (χ2n) is 7.03. The first-order valence-electron chi connectivity index (χ1n) is 7.48. The summed E-state index contributed by atoms with van der Waals surface area (Å²) < 4.78 is 5.69. The Kier molecular flexibility index (Phi) is 4.68. The van der Waals surface area contributed by atoms with E-state index < -0.39 is 0 Å². The maximum atomic E-state index is 10.2. The van der Waals surface area contributed by atoms with Gasteiger partial charge in [0.25, 0.3) is 0 Å². The second-order valence-corrected chi connectivity index (χ2v) is 7.03. The van der Waals surface area contributed by atoms with Crippen molar-refractivity contribution >= 4 is 0 Å². The smallest absolute Gasteiger partial charge is 0.0673 e. The van der Waals surface area contributed by atoms with Crippen LogP contribution in [0.5, 0.6) is 0 Å². The van der Waals surface area contributed by atoms with E-state index in [-0.39, 0.29) is 6.10 Å². The number of ether oxygens (including phenoxy) is 1. The van der Waals surface area contributed by atoms with Gasteiger partial charge in [-0.1, -0.05) is 13.8 Å². The molecule has 3 atom stereocenters. The van der Waals surface area contributed by atoms with E-state index in [1.54, 1.807) is 0 Å². The van der Waals surface area contributed by atoms with E-state index in [2.05, 4.69) is 25.7 Å². The van der Waals surface area contributed by atoms with Crippen molar-refractivity contribution < 1.29 is 9.84 Å². The van der Waals surface area contributed by atoms with E-state index in [4.69, 9.17) is 4.74 Å². The molecule has 0 aromatic carbocycles. The number of hydrogen-bond acceptors (Lipinski definition) is 3. The minimum absolute atomic E-state index is 0.0995. The van der Waals surface area contributed by atoms with Crippen LogP contribution in [0.15, 0.2) is 0 Å². The molecule has 0 radical (unpaired) electrons. The van der Waals surface area contributed by atoms with Crippen molar-refractivity contribution in [3.8, 4) is 0 Å². The highest BCUT2D eigenvalue weighted by molar-refractivity contribution is 4.87. The van der Waals surface area contributed by atoms with Gasteiger partial charge >= 0.3 is 0 Å². The number of nitrogens with zero attached hydrogens (tertiary/aromatic N) is 1. The topological polar surface area (TPSA) is 32.7 Å². The number of rotatable bonds is 2. The SMILES string of the molecule is CC1CN(CC2CC(C)(C)CCC2O)CCCO1. The van der Waals surface area contributed by atoms with Gasteiger partial charge in [-0.2, -0.15) is 0 Å². The van der Waals surface area contributed by atoms with Crippen molar-refractivity contribution in [2.24, 2.45) is 11.3 Å². The third-order valence-corrected chi connectivity index (χ3v) is 4.50. The Morgan fingerprint density at radius 2 is 2.17 bits per heavy atom. The molecule has 0 aromatic rings. The van der Waals surface area contributed by atoms with E-state index in [1.807, 2.05) is 0 Å². The number of aliphatic hydroxyl groups excluding tert-OH is 1. The molecule has 0 spiro atoms. The lowest BCUT2D eigenvalue weighted by Gasteiger charge is -2.40. The summed E-state index contributed by atoms with van der Waals surface area (Å²) in [6.07, 6.45) is 4.64. The minimum Gasteiger partial charge on any atom is -0.393 e. The third kappa shape index (κ3) is 3.94. The fourth-order valence-electron chi connectivity index (χ4n) is 3.49. The highest BCUT2D eigenvalue weighted by Crippen LogP contribution is 2.39. The van der Waals surface area contributed by atoms with Crippen LogP contribution in [0.4, 0.5) is 0 Å². The van der Waals surface area contributed by atoms with Gasteiger partial charge in [-0.05, 0) is 43.9 Å². The quantitative estimate of drug-likeness (QED) is 0.822. The van der Waals surface area contributed by atoms with Gasteiger partial charge in [0, 0.05) is 26.2 Å². The van der Waals surface area contributed by atoms with Gasteiger partial charge in [0.1, 0.15) is 0 Å². The Bertz CT molecular complexity index is 267. The normalized spacial score (nSPS) is 38.3. The molecule has 2 aliphatic rings. The summed E-state index contributed by atoms with van der Waals surface area (Å²) in [7, 11) is 0. The molecule has 1 saturated heterocycles. The molecule has 1 aliphatic heterocycles. The summed E-state index contributed by atoms with van der Waals surface area (Å²) >= 11 is 0. The molecule has 1 heterocycles. The molecular weight excluding hydrogens is 226 g/mol. The predicted molar refractivity (Wildman–Crippen MR) is 73.6 cm³/mol. The maximum Gasteiger partial charge on any atom is 0.0673 e. The van der Waals surface area contributed by atoms with E-state index in [0.717, 1.165) is 51.9 Å². The van der Waals surface area contributed by atoms with Crippen LogP contribution < -0.4 is 0 Å². The monoisotopic (exact) mass is 255 g/mol. The summed E-state index contributed by atoms with van der Waals surface area (Å²) in [6, 6.07) is 0. The predicted octanol–water partition coefficient (Wildman–Crippen LogP) is 2.28. The zero-order valence-electron chi connectivity index (χ0n) is 12.2. The summed E-state index contributed by atoms with van der Waals surface area (Å²) in [5, 5.41) is 10.2. The first-order chi connectivity index (χ1) is 8.46. The molecule has 0 aromatic heterocycles.